The molecule has 8 heteroatoms. The molecule has 0 saturated carbocycles. The van der Waals surface area contributed by atoms with E-state index in [1.807, 2.05) is 0 Å². The highest BCUT2D eigenvalue weighted by molar-refractivity contribution is 6.03. The molecule has 2 aromatic carbocycles. The van der Waals surface area contributed by atoms with Crippen LogP contribution in [0.2, 0.25) is 0 Å². The minimum atomic E-state index is -0.859. The minimum absolute atomic E-state index is 0.103. The summed E-state index contributed by atoms with van der Waals surface area (Å²) in [5.41, 5.74) is -0.293. The second kappa shape index (κ2) is 6.91. The average Bonchev–Trinajstić information content (AvgIpc) is 2.60. The lowest BCUT2D eigenvalue weighted by Gasteiger charge is -2.07. The number of H-pyrrole nitrogens is 1. The Morgan fingerprint density at radius 2 is 1.88 bits per heavy atom. The summed E-state index contributed by atoms with van der Waals surface area (Å²) in [6, 6.07) is 11.7. The molecule has 0 fully saturated rings. The molecule has 25 heavy (non-hydrogen) atoms. The number of benzene rings is 2. The van der Waals surface area contributed by atoms with Crippen molar-refractivity contribution in [3.8, 4) is 0 Å². The van der Waals surface area contributed by atoms with Gasteiger partial charge in [0.1, 0.15) is 5.82 Å². The predicted octanol–water partition coefficient (Wildman–Crippen LogP) is 1.86. The van der Waals surface area contributed by atoms with Crippen molar-refractivity contribution in [2.24, 2.45) is 0 Å². The van der Waals surface area contributed by atoms with Crippen molar-refractivity contribution in [1.29, 1.82) is 0 Å². The number of carbonyl (C=O) groups is 2. The molecular weight excluding hydrogens is 329 g/mol. The van der Waals surface area contributed by atoms with Crippen molar-refractivity contribution in [3.63, 3.8) is 0 Å². The van der Waals surface area contributed by atoms with E-state index in [9.17, 15) is 18.8 Å². The molecule has 1 amide bonds. The van der Waals surface area contributed by atoms with Crippen molar-refractivity contribution < 1.29 is 18.7 Å². The standard InChI is InChI=1S/C17H12FN3O4/c18-10-4-3-5-11(8-10)19-14(22)9-25-17(24)15-12-6-1-2-7-13(12)16(23)21-20-15/h1-8H,9H2,(H,19,22)(H,21,23). The van der Waals surface area contributed by atoms with Crippen LogP contribution in [-0.4, -0.2) is 28.7 Å². The zero-order valence-corrected chi connectivity index (χ0v) is 12.8. The molecule has 7 nitrogen and oxygen atoms in total. The molecule has 3 aromatic rings. The van der Waals surface area contributed by atoms with Crippen LogP contribution < -0.4 is 10.9 Å². The number of carbonyl (C=O) groups excluding carboxylic acids is 2. The van der Waals surface area contributed by atoms with E-state index in [0.29, 0.717) is 5.39 Å². The maximum absolute atomic E-state index is 13.1. The van der Waals surface area contributed by atoms with Crippen LogP contribution in [0.15, 0.2) is 53.3 Å². The number of amides is 1. The third-order valence-electron chi connectivity index (χ3n) is 3.33. The second-order valence-electron chi connectivity index (χ2n) is 5.08. The number of aromatic amines is 1. The third kappa shape index (κ3) is 3.69. The summed E-state index contributed by atoms with van der Waals surface area (Å²) >= 11 is 0. The first kappa shape index (κ1) is 16.3. The molecule has 0 aliphatic heterocycles. The lowest BCUT2D eigenvalue weighted by Crippen LogP contribution is -2.22. The second-order valence-corrected chi connectivity index (χ2v) is 5.08. The van der Waals surface area contributed by atoms with Gasteiger partial charge in [0.15, 0.2) is 12.3 Å². The minimum Gasteiger partial charge on any atom is -0.451 e. The maximum Gasteiger partial charge on any atom is 0.359 e. The van der Waals surface area contributed by atoms with Crippen LogP contribution in [0.1, 0.15) is 10.5 Å². The molecule has 126 valence electrons. The summed E-state index contributed by atoms with van der Waals surface area (Å²) in [5.74, 6) is -1.99. The molecule has 0 unspecified atom stereocenters. The zero-order valence-electron chi connectivity index (χ0n) is 12.8. The monoisotopic (exact) mass is 341 g/mol. The van der Waals surface area contributed by atoms with E-state index >= 15 is 0 Å². The van der Waals surface area contributed by atoms with Gasteiger partial charge in [-0.05, 0) is 24.3 Å². The lowest BCUT2D eigenvalue weighted by molar-refractivity contribution is -0.119. The highest BCUT2D eigenvalue weighted by atomic mass is 19.1. The van der Waals surface area contributed by atoms with Crippen LogP contribution in [0.3, 0.4) is 0 Å². The van der Waals surface area contributed by atoms with Crippen molar-refractivity contribution in [1.82, 2.24) is 10.2 Å². The Hall–Kier alpha value is -3.55. The molecule has 0 saturated heterocycles. The van der Waals surface area contributed by atoms with Gasteiger partial charge >= 0.3 is 5.97 Å². The quantitative estimate of drug-likeness (QED) is 0.705. The Balaban J connectivity index is 1.70. The molecule has 0 atom stereocenters. The molecule has 2 N–H and O–H groups in total. The van der Waals surface area contributed by atoms with Crippen molar-refractivity contribution in [2.75, 3.05) is 11.9 Å². The fourth-order valence-electron chi connectivity index (χ4n) is 2.23. The van der Waals surface area contributed by atoms with Gasteiger partial charge in [0.25, 0.3) is 11.5 Å². The van der Waals surface area contributed by atoms with Crippen molar-refractivity contribution in [3.05, 3.63) is 70.4 Å². The number of ether oxygens (including phenoxy) is 1. The lowest BCUT2D eigenvalue weighted by atomic mass is 10.1. The van der Waals surface area contributed by atoms with Gasteiger partial charge in [-0.1, -0.05) is 24.3 Å². The number of rotatable bonds is 4. The predicted molar refractivity (Wildman–Crippen MR) is 87.7 cm³/mol. The smallest absolute Gasteiger partial charge is 0.359 e. The first-order chi connectivity index (χ1) is 12.0. The molecule has 0 radical (unpaired) electrons. The molecule has 0 bridgehead atoms. The largest absolute Gasteiger partial charge is 0.451 e. The summed E-state index contributed by atoms with van der Waals surface area (Å²) in [7, 11) is 0. The van der Waals surface area contributed by atoms with Crippen LogP contribution in [0.5, 0.6) is 0 Å². The summed E-state index contributed by atoms with van der Waals surface area (Å²) < 4.78 is 18.0. The number of hydrogen-bond acceptors (Lipinski definition) is 5. The summed E-state index contributed by atoms with van der Waals surface area (Å²) in [6.07, 6.45) is 0. The van der Waals surface area contributed by atoms with E-state index in [1.54, 1.807) is 24.3 Å². The number of anilines is 1. The molecule has 0 spiro atoms. The Kier molecular flexibility index (Phi) is 4.51. The first-order valence-electron chi connectivity index (χ1n) is 7.24. The zero-order chi connectivity index (χ0) is 17.8. The van der Waals surface area contributed by atoms with Crippen LogP contribution in [0.4, 0.5) is 10.1 Å². The van der Waals surface area contributed by atoms with Crippen molar-refractivity contribution in [2.45, 2.75) is 0 Å². The highest BCUT2D eigenvalue weighted by Crippen LogP contribution is 2.13. The van der Waals surface area contributed by atoms with Crippen LogP contribution in [0.25, 0.3) is 10.8 Å². The Bertz CT molecular complexity index is 1020. The fraction of sp³-hybridized carbons (Fsp3) is 0.0588. The molecule has 0 aliphatic carbocycles. The highest BCUT2D eigenvalue weighted by Gasteiger charge is 2.16. The molecular formula is C17H12FN3O4. The van der Waals surface area contributed by atoms with E-state index in [0.717, 1.165) is 6.07 Å². The number of esters is 1. The van der Waals surface area contributed by atoms with Gasteiger partial charge in [-0.25, -0.2) is 14.3 Å². The van der Waals surface area contributed by atoms with Crippen LogP contribution >= 0.6 is 0 Å². The third-order valence-corrected chi connectivity index (χ3v) is 3.33. The van der Waals surface area contributed by atoms with Gasteiger partial charge in [0.05, 0.1) is 5.39 Å². The van der Waals surface area contributed by atoms with E-state index in [1.165, 1.54) is 18.2 Å². The molecule has 0 aliphatic rings. The van der Waals surface area contributed by atoms with Gasteiger partial charge in [0, 0.05) is 11.1 Å². The van der Waals surface area contributed by atoms with E-state index in [-0.39, 0.29) is 16.8 Å². The number of halogens is 1. The van der Waals surface area contributed by atoms with E-state index < -0.39 is 29.9 Å². The summed E-state index contributed by atoms with van der Waals surface area (Å²) in [6.45, 7) is -0.579. The Morgan fingerprint density at radius 3 is 2.64 bits per heavy atom. The summed E-state index contributed by atoms with van der Waals surface area (Å²) in [4.78, 5) is 35.6. The van der Waals surface area contributed by atoms with Gasteiger partial charge < -0.3 is 10.1 Å². The van der Waals surface area contributed by atoms with Crippen molar-refractivity contribution >= 4 is 28.3 Å². The number of nitrogens with zero attached hydrogens (tertiary/aromatic N) is 1. The Morgan fingerprint density at radius 1 is 1.12 bits per heavy atom. The average molecular weight is 341 g/mol. The van der Waals surface area contributed by atoms with E-state index in [4.69, 9.17) is 4.74 Å². The van der Waals surface area contributed by atoms with Gasteiger partial charge in [-0.3, -0.25) is 9.59 Å². The maximum atomic E-state index is 13.1. The first-order valence-corrected chi connectivity index (χ1v) is 7.24. The molecule has 3 rings (SSSR count). The van der Waals surface area contributed by atoms with Gasteiger partial charge in [0.2, 0.25) is 0 Å². The van der Waals surface area contributed by atoms with E-state index in [2.05, 4.69) is 15.5 Å². The number of fused-ring (bicyclic) bond motifs is 1. The normalized spacial score (nSPS) is 10.4. The topological polar surface area (TPSA) is 101 Å². The number of nitrogens with one attached hydrogen (secondary N) is 2. The Labute approximate surface area is 140 Å². The van der Waals surface area contributed by atoms with Gasteiger partial charge in [-0.15, -0.1) is 0 Å². The fourth-order valence-corrected chi connectivity index (χ4v) is 2.23. The van der Waals surface area contributed by atoms with Crippen LogP contribution in [0, 0.1) is 5.82 Å². The molecule has 1 heterocycles. The molecule has 1 aromatic heterocycles. The summed E-state index contributed by atoms with van der Waals surface area (Å²) in [5, 5.41) is 8.90. The SMILES string of the molecule is O=C(COC(=O)c1n[nH]c(=O)c2ccccc12)Nc1cccc(F)c1. The van der Waals surface area contributed by atoms with Crippen LogP contribution in [-0.2, 0) is 9.53 Å². The van der Waals surface area contributed by atoms with Gasteiger partial charge in [-0.2, -0.15) is 5.10 Å². The number of hydrogen-bond donors (Lipinski definition) is 2. The number of aromatic nitrogens is 2.